The predicted octanol–water partition coefficient (Wildman–Crippen LogP) is 3.13. The van der Waals surface area contributed by atoms with Crippen molar-refractivity contribution in [2.75, 3.05) is 13.1 Å². The smallest absolute Gasteiger partial charge is 0.352 e. The third kappa shape index (κ3) is 5.50. The van der Waals surface area contributed by atoms with E-state index in [2.05, 4.69) is 10.6 Å². The van der Waals surface area contributed by atoms with Crippen molar-refractivity contribution in [3.8, 4) is 0 Å². The normalized spacial score (nSPS) is 16.0. The summed E-state index contributed by atoms with van der Waals surface area (Å²) < 4.78 is 38.5. The first-order valence-corrected chi connectivity index (χ1v) is 7.09. The molecule has 1 fully saturated rings. The number of halogens is 4. The summed E-state index contributed by atoms with van der Waals surface area (Å²) in [6, 6.07) is 5.33. The second-order valence-electron chi connectivity index (χ2n) is 5.33. The Morgan fingerprint density at radius 2 is 1.86 bits per heavy atom. The van der Waals surface area contributed by atoms with Crippen LogP contribution >= 0.6 is 12.4 Å². The highest BCUT2D eigenvalue weighted by molar-refractivity contribution is 5.85. The van der Waals surface area contributed by atoms with Crippen molar-refractivity contribution in [2.24, 2.45) is 5.92 Å². The first-order valence-electron chi connectivity index (χ1n) is 7.09. The molecule has 0 radical (unpaired) electrons. The minimum atomic E-state index is -4.39. The minimum Gasteiger partial charge on any atom is -0.352 e. The van der Waals surface area contributed by atoms with Gasteiger partial charge in [-0.05, 0) is 43.5 Å². The van der Waals surface area contributed by atoms with Crippen molar-refractivity contribution >= 4 is 18.3 Å². The maximum absolute atomic E-state index is 12.8. The summed E-state index contributed by atoms with van der Waals surface area (Å²) >= 11 is 0. The number of rotatable bonds is 4. The van der Waals surface area contributed by atoms with Crippen molar-refractivity contribution in [3.05, 3.63) is 35.4 Å². The van der Waals surface area contributed by atoms with Crippen molar-refractivity contribution in [1.82, 2.24) is 10.6 Å². The van der Waals surface area contributed by atoms with Gasteiger partial charge in [0.25, 0.3) is 0 Å². The van der Waals surface area contributed by atoms with E-state index >= 15 is 0 Å². The number of amides is 1. The first-order chi connectivity index (χ1) is 9.97. The zero-order chi connectivity index (χ0) is 15.3. The van der Waals surface area contributed by atoms with Crippen LogP contribution in [0.1, 0.15) is 30.4 Å². The molecule has 124 valence electrons. The van der Waals surface area contributed by atoms with Crippen LogP contribution in [-0.2, 0) is 17.5 Å². The average Bonchev–Trinajstić information content (AvgIpc) is 2.45. The van der Waals surface area contributed by atoms with E-state index in [1.807, 2.05) is 0 Å². The molecular weight excluding hydrogens is 317 g/mol. The van der Waals surface area contributed by atoms with Crippen molar-refractivity contribution < 1.29 is 18.0 Å². The van der Waals surface area contributed by atoms with Gasteiger partial charge in [-0.25, -0.2) is 0 Å². The van der Waals surface area contributed by atoms with Gasteiger partial charge in [-0.1, -0.05) is 18.2 Å². The molecule has 1 amide bonds. The van der Waals surface area contributed by atoms with Crippen LogP contribution in [0.2, 0.25) is 0 Å². The van der Waals surface area contributed by atoms with Gasteiger partial charge >= 0.3 is 6.18 Å². The lowest BCUT2D eigenvalue weighted by atomic mass is 9.94. The Bertz CT molecular complexity index is 488. The zero-order valence-electron chi connectivity index (χ0n) is 12.1. The predicted molar refractivity (Wildman–Crippen MR) is 80.7 cm³/mol. The Kier molecular flexibility index (Phi) is 7.16. The molecule has 7 heteroatoms. The van der Waals surface area contributed by atoms with Gasteiger partial charge in [-0.3, -0.25) is 4.79 Å². The summed E-state index contributed by atoms with van der Waals surface area (Å²) in [5.74, 6) is 0.142. The lowest BCUT2D eigenvalue weighted by Crippen LogP contribution is -2.32. The Labute approximate surface area is 134 Å². The largest absolute Gasteiger partial charge is 0.416 e. The second-order valence-corrected chi connectivity index (χ2v) is 5.33. The molecule has 2 rings (SSSR count). The summed E-state index contributed by atoms with van der Waals surface area (Å²) in [5.41, 5.74) is -0.587. The molecule has 1 aliphatic heterocycles. The first kappa shape index (κ1) is 18.8. The van der Waals surface area contributed by atoms with Crippen LogP contribution in [0.25, 0.3) is 0 Å². The Morgan fingerprint density at radius 3 is 2.50 bits per heavy atom. The van der Waals surface area contributed by atoms with Crippen LogP contribution in [0.5, 0.6) is 0 Å². The molecule has 0 bridgehead atoms. The van der Waals surface area contributed by atoms with Gasteiger partial charge in [0.05, 0.1) is 5.56 Å². The minimum absolute atomic E-state index is 0. The molecule has 0 saturated carbocycles. The third-order valence-electron chi connectivity index (χ3n) is 3.73. The number of hydrogen-bond donors (Lipinski definition) is 2. The third-order valence-corrected chi connectivity index (χ3v) is 3.73. The van der Waals surface area contributed by atoms with Gasteiger partial charge in [-0.15, -0.1) is 12.4 Å². The maximum atomic E-state index is 12.8. The van der Waals surface area contributed by atoms with Crippen molar-refractivity contribution in [1.29, 1.82) is 0 Å². The summed E-state index contributed by atoms with van der Waals surface area (Å²) in [4.78, 5) is 11.8. The van der Waals surface area contributed by atoms with Crippen molar-refractivity contribution in [3.63, 3.8) is 0 Å². The standard InChI is InChI=1S/C15H19F3N2O.ClH/c16-15(17,18)13-4-2-1-3-12(13)10-20-14(21)9-11-5-7-19-8-6-11;/h1-4,11,19H,5-10H2,(H,20,21);1H. The molecule has 2 N–H and O–H groups in total. The van der Waals surface area contributed by atoms with Crippen LogP contribution in [0.3, 0.4) is 0 Å². The fraction of sp³-hybridized carbons (Fsp3) is 0.533. The highest BCUT2D eigenvalue weighted by Gasteiger charge is 2.32. The topological polar surface area (TPSA) is 41.1 Å². The average molecular weight is 337 g/mol. The number of benzene rings is 1. The van der Waals surface area contributed by atoms with Gasteiger partial charge in [0.15, 0.2) is 0 Å². The number of hydrogen-bond acceptors (Lipinski definition) is 2. The van der Waals surface area contributed by atoms with Gasteiger partial charge in [0.2, 0.25) is 5.91 Å². The van der Waals surface area contributed by atoms with Crippen LogP contribution in [0, 0.1) is 5.92 Å². The lowest BCUT2D eigenvalue weighted by Gasteiger charge is -2.22. The van der Waals surface area contributed by atoms with E-state index < -0.39 is 11.7 Å². The van der Waals surface area contributed by atoms with Crippen LogP contribution in [-0.4, -0.2) is 19.0 Å². The Hall–Kier alpha value is -1.27. The Morgan fingerprint density at radius 1 is 1.23 bits per heavy atom. The molecule has 1 aliphatic rings. The van der Waals surface area contributed by atoms with Gasteiger partial charge < -0.3 is 10.6 Å². The molecule has 0 atom stereocenters. The molecule has 1 saturated heterocycles. The SMILES string of the molecule is Cl.O=C(CC1CCNCC1)NCc1ccccc1C(F)(F)F. The maximum Gasteiger partial charge on any atom is 0.416 e. The van der Waals surface area contributed by atoms with E-state index in [-0.39, 0.29) is 30.4 Å². The monoisotopic (exact) mass is 336 g/mol. The lowest BCUT2D eigenvalue weighted by molar-refractivity contribution is -0.138. The molecule has 0 aliphatic carbocycles. The fourth-order valence-corrected chi connectivity index (χ4v) is 2.57. The number of carbonyl (C=O) groups is 1. The molecular formula is C15H20ClF3N2O. The number of piperidine rings is 1. The van der Waals surface area contributed by atoms with Gasteiger partial charge in [-0.2, -0.15) is 13.2 Å². The molecule has 1 aromatic carbocycles. The van der Waals surface area contributed by atoms with Crippen LogP contribution < -0.4 is 10.6 Å². The molecule has 0 unspecified atom stereocenters. The van der Waals surface area contributed by atoms with E-state index in [4.69, 9.17) is 0 Å². The number of nitrogens with one attached hydrogen (secondary N) is 2. The summed E-state index contributed by atoms with van der Waals surface area (Å²) in [6.07, 6.45) is -2.13. The molecule has 0 aromatic heterocycles. The fourth-order valence-electron chi connectivity index (χ4n) is 2.57. The van der Waals surface area contributed by atoms with E-state index in [1.54, 1.807) is 6.07 Å². The van der Waals surface area contributed by atoms with Gasteiger partial charge in [0.1, 0.15) is 0 Å². The molecule has 1 heterocycles. The van der Waals surface area contributed by atoms with E-state index in [0.29, 0.717) is 12.3 Å². The summed E-state index contributed by atoms with van der Waals surface area (Å²) in [7, 11) is 0. The number of alkyl halides is 3. The summed E-state index contributed by atoms with van der Waals surface area (Å²) in [6.45, 7) is 1.71. The number of carbonyl (C=O) groups excluding carboxylic acids is 1. The Balaban J connectivity index is 0.00000242. The molecule has 0 spiro atoms. The summed E-state index contributed by atoms with van der Waals surface area (Å²) in [5, 5.41) is 5.81. The zero-order valence-corrected chi connectivity index (χ0v) is 12.9. The van der Waals surface area contributed by atoms with E-state index in [1.165, 1.54) is 12.1 Å². The molecule has 22 heavy (non-hydrogen) atoms. The molecule has 1 aromatic rings. The highest BCUT2D eigenvalue weighted by atomic mass is 35.5. The van der Waals surface area contributed by atoms with Gasteiger partial charge in [0, 0.05) is 13.0 Å². The second kappa shape index (κ2) is 8.39. The van der Waals surface area contributed by atoms with E-state index in [9.17, 15) is 18.0 Å². The molecule has 3 nitrogen and oxygen atoms in total. The highest BCUT2D eigenvalue weighted by Crippen LogP contribution is 2.31. The van der Waals surface area contributed by atoms with Crippen LogP contribution in [0.4, 0.5) is 13.2 Å². The van der Waals surface area contributed by atoms with Crippen LogP contribution in [0.15, 0.2) is 24.3 Å². The van der Waals surface area contributed by atoms with Crippen molar-refractivity contribution in [2.45, 2.75) is 32.0 Å². The van der Waals surface area contributed by atoms with E-state index in [0.717, 1.165) is 32.0 Å². The quantitative estimate of drug-likeness (QED) is 0.887.